The quantitative estimate of drug-likeness (QED) is 0.893. The predicted octanol–water partition coefficient (Wildman–Crippen LogP) is 3.79. The van der Waals surface area contributed by atoms with Gasteiger partial charge in [-0.05, 0) is 70.3 Å². The van der Waals surface area contributed by atoms with Gasteiger partial charge in [0.25, 0.3) is 0 Å². The van der Waals surface area contributed by atoms with Crippen LogP contribution >= 0.6 is 0 Å². The van der Waals surface area contributed by atoms with Crippen LogP contribution in [0.1, 0.15) is 50.3 Å². The average Bonchev–Trinajstić information content (AvgIpc) is 2.41. The Balaban J connectivity index is 2.44. The molecule has 1 aliphatic rings. The molecule has 1 fully saturated rings. The number of nitrogens with one attached hydrogen (secondary N) is 1. The number of nitrogens with zero attached hydrogens (tertiary/aromatic N) is 1. The van der Waals surface area contributed by atoms with Crippen molar-refractivity contribution in [3.05, 3.63) is 29.1 Å². The Morgan fingerprint density at radius 2 is 2.11 bits per heavy atom. The lowest BCUT2D eigenvalue weighted by Gasteiger charge is -2.37. The van der Waals surface area contributed by atoms with Crippen LogP contribution in [0.5, 0.6) is 0 Å². The summed E-state index contributed by atoms with van der Waals surface area (Å²) in [6, 6.07) is 4.42. The molecule has 2 nitrogen and oxygen atoms in total. The number of hydrogen-bond acceptors (Lipinski definition) is 2. The molecule has 106 valence electrons. The number of anilines is 1. The minimum atomic E-state index is -0.106. The molecule has 0 saturated carbocycles. The van der Waals surface area contributed by atoms with Crippen molar-refractivity contribution < 1.29 is 4.39 Å². The molecular weight excluding hydrogens is 239 g/mol. The van der Waals surface area contributed by atoms with Crippen LogP contribution in [0.3, 0.4) is 0 Å². The van der Waals surface area contributed by atoms with E-state index in [1.165, 1.54) is 24.9 Å². The Kier molecular flexibility index (Phi) is 4.46. The summed E-state index contributed by atoms with van der Waals surface area (Å²) in [5, 5.41) is 3.23. The lowest BCUT2D eigenvalue weighted by atomic mass is 9.97. The highest BCUT2D eigenvalue weighted by Gasteiger charge is 2.23. The van der Waals surface area contributed by atoms with Crippen LogP contribution in [0.15, 0.2) is 12.1 Å². The zero-order valence-electron chi connectivity index (χ0n) is 12.5. The van der Waals surface area contributed by atoms with Gasteiger partial charge in [-0.1, -0.05) is 0 Å². The Morgan fingerprint density at radius 3 is 2.74 bits per heavy atom. The third-order valence-corrected chi connectivity index (χ3v) is 4.32. The molecule has 2 atom stereocenters. The zero-order chi connectivity index (χ0) is 14.0. The first-order valence-electron chi connectivity index (χ1n) is 7.28. The van der Waals surface area contributed by atoms with Crippen molar-refractivity contribution in [2.75, 3.05) is 18.5 Å². The lowest BCUT2D eigenvalue weighted by molar-refractivity contribution is 0.480. The summed E-state index contributed by atoms with van der Waals surface area (Å²) < 4.78 is 13.9. The molecule has 1 aromatic rings. The van der Waals surface area contributed by atoms with E-state index in [9.17, 15) is 4.39 Å². The fraction of sp³-hybridized carbons (Fsp3) is 0.625. The minimum Gasteiger partial charge on any atom is -0.369 e. The highest BCUT2D eigenvalue weighted by atomic mass is 19.1. The van der Waals surface area contributed by atoms with Crippen molar-refractivity contribution in [3.63, 3.8) is 0 Å². The van der Waals surface area contributed by atoms with Crippen LogP contribution in [0.4, 0.5) is 10.1 Å². The normalized spacial score (nSPS) is 21.5. The number of hydrogen-bond donors (Lipinski definition) is 1. The molecule has 2 unspecified atom stereocenters. The molecule has 0 bridgehead atoms. The fourth-order valence-electron chi connectivity index (χ4n) is 2.89. The van der Waals surface area contributed by atoms with Crippen LogP contribution < -0.4 is 10.2 Å². The van der Waals surface area contributed by atoms with E-state index in [0.717, 1.165) is 17.7 Å². The molecule has 1 aliphatic heterocycles. The first-order chi connectivity index (χ1) is 9.04. The Hall–Kier alpha value is -1.09. The van der Waals surface area contributed by atoms with E-state index in [-0.39, 0.29) is 11.9 Å². The Labute approximate surface area is 116 Å². The minimum absolute atomic E-state index is 0.106. The second-order valence-electron chi connectivity index (χ2n) is 5.71. The topological polar surface area (TPSA) is 15.3 Å². The number of piperidine rings is 1. The fourth-order valence-corrected chi connectivity index (χ4v) is 2.89. The van der Waals surface area contributed by atoms with Gasteiger partial charge in [-0.3, -0.25) is 0 Å². The van der Waals surface area contributed by atoms with Gasteiger partial charge in [-0.15, -0.1) is 0 Å². The van der Waals surface area contributed by atoms with Crippen LogP contribution in [0, 0.1) is 12.7 Å². The van der Waals surface area contributed by atoms with Crippen molar-refractivity contribution in [1.82, 2.24) is 5.32 Å². The largest absolute Gasteiger partial charge is 0.369 e. The van der Waals surface area contributed by atoms with Gasteiger partial charge in [0, 0.05) is 24.3 Å². The van der Waals surface area contributed by atoms with Crippen molar-refractivity contribution in [2.24, 2.45) is 0 Å². The molecule has 0 aliphatic carbocycles. The summed E-state index contributed by atoms with van der Waals surface area (Å²) in [6.07, 6.45) is 3.76. The zero-order valence-corrected chi connectivity index (χ0v) is 12.5. The predicted molar refractivity (Wildman–Crippen MR) is 79.3 cm³/mol. The van der Waals surface area contributed by atoms with Gasteiger partial charge in [0.15, 0.2) is 0 Å². The van der Waals surface area contributed by atoms with Crippen molar-refractivity contribution in [2.45, 2.75) is 52.1 Å². The molecule has 1 N–H and O–H groups in total. The summed E-state index contributed by atoms with van der Waals surface area (Å²) >= 11 is 0. The molecule has 1 aromatic carbocycles. The van der Waals surface area contributed by atoms with Gasteiger partial charge in [0.1, 0.15) is 5.82 Å². The monoisotopic (exact) mass is 264 g/mol. The smallest absolute Gasteiger partial charge is 0.126 e. The maximum atomic E-state index is 13.9. The summed E-state index contributed by atoms with van der Waals surface area (Å²) in [7, 11) is 1.92. The van der Waals surface area contributed by atoms with Crippen molar-refractivity contribution >= 4 is 5.69 Å². The van der Waals surface area contributed by atoms with Crippen molar-refractivity contribution in [3.8, 4) is 0 Å². The summed E-state index contributed by atoms with van der Waals surface area (Å²) in [4.78, 5) is 2.44. The number of aryl methyl sites for hydroxylation is 1. The summed E-state index contributed by atoms with van der Waals surface area (Å²) in [5.74, 6) is -0.106. The second-order valence-corrected chi connectivity index (χ2v) is 5.71. The number of halogens is 1. The lowest BCUT2D eigenvalue weighted by Crippen LogP contribution is -2.38. The number of rotatable bonds is 3. The maximum absolute atomic E-state index is 13.9. The van der Waals surface area contributed by atoms with Crippen molar-refractivity contribution in [1.29, 1.82) is 0 Å². The summed E-state index contributed by atoms with van der Waals surface area (Å²) in [6.45, 7) is 7.28. The van der Waals surface area contributed by atoms with Gasteiger partial charge in [-0.25, -0.2) is 4.39 Å². The third-order valence-electron chi connectivity index (χ3n) is 4.32. The van der Waals surface area contributed by atoms with E-state index < -0.39 is 0 Å². The third kappa shape index (κ3) is 2.92. The first-order valence-corrected chi connectivity index (χ1v) is 7.28. The maximum Gasteiger partial charge on any atom is 0.126 e. The molecule has 2 rings (SSSR count). The molecule has 19 heavy (non-hydrogen) atoms. The Morgan fingerprint density at radius 1 is 1.37 bits per heavy atom. The number of benzene rings is 1. The molecule has 0 aromatic heterocycles. The van der Waals surface area contributed by atoms with Gasteiger partial charge >= 0.3 is 0 Å². The van der Waals surface area contributed by atoms with E-state index >= 15 is 0 Å². The van der Waals surface area contributed by atoms with E-state index in [2.05, 4.69) is 24.1 Å². The highest BCUT2D eigenvalue weighted by molar-refractivity contribution is 5.58. The van der Waals surface area contributed by atoms with E-state index in [4.69, 9.17) is 0 Å². The van der Waals surface area contributed by atoms with E-state index in [0.29, 0.717) is 6.04 Å². The molecule has 1 heterocycles. The van der Waals surface area contributed by atoms with Gasteiger partial charge in [0.05, 0.1) is 0 Å². The molecular formula is C16H25FN2. The SMILES string of the molecule is CNC(C)c1cc(F)c(C)cc1N1CCCCC1C. The van der Waals surface area contributed by atoms with Gasteiger partial charge < -0.3 is 10.2 Å². The average molecular weight is 264 g/mol. The van der Waals surface area contributed by atoms with Crippen LogP contribution in [0.25, 0.3) is 0 Å². The van der Waals surface area contributed by atoms with Crippen LogP contribution in [-0.4, -0.2) is 19.6 Å². The van der Waals surface area contributed by atoms with E-state index in [1.807, 2.05) is 20.0 Å². The van der Waals surface area contributed by atoms with Gasteiger partial charge in [-0.2, -0.15) is 0 Å². The van der Waals surface area contributed by atoms with Crippen LogP contribution in [-0.2, 0) is 0 Å². The van der Waals surface area contributed by atoms with Gasteiger partial charge in [0.2, 0.25) is 0 Å². The second kappa shape index (κ2) is 5.91. The first kappa shape index (κ1) is 14.3. The molecule has 3 heteroatoms. The molecule has 1 saturated heterocycles. The highest BCUT2D eigenvalue weighted by Crippen LogP contribution is 2.33. The standard InChI is InChI=1S/C16H25FN2/c1-11-9-16(19-8-6-5-7-12(19)2)14(10-15(11)17)13(3)18-4/h9-10,12-13,18H,5-8H2,1-4H3. The van der Waals surface area contributed by atoms with Crippen LogP contribution in [0.2, 0.25) is 0 Å². The molecule has 0 radical (unpaired) electrons. The molecule has 0 amide bonds. The molecule has 0 spiro atoms. The summed E-state index contributed by atoms with van der Waals surface area (Å²) in [5.41, 5.74) is 3.01. The Bertz CT molecular complexity index is 445. The van der Waals surface area contributed by atoms with E-state index in [1.54, 1.807) is 6.07 Å².